The van der Waals surface area contributed by atoms with Crippen molar-refractivity contribution in [1.82, 2.24) is 9.97 Å². The lowest BCUT2D eigenvalue weighted by atomic mass is 10.1. The molecular formula is C23H22N3O4P. The Hall–Kier alpha value is -3.30. The molecule has 31 heavy (non-hydrogen) atoms. The molecule has 3 rings (SSSR count). The molecule has 0 unspecified atom stereocenters. The smallest absolute Gasteiger partial charge is 0.322 e. The first kappa shape index (κ1) is 22.4. The minimum atomic E-state index is -3.36. The number of carbonyl (C=O) groups excluding carboxylic acids is 1. The topological polar surface area (TPSA) is 90.4 Å². The van der Waals surface area contributed by atoms with Crippen molar-refractivity contribution >= 4 is 24.5 Å². The lowest BCUT2D eigenvalue weighted by Crippen LogP contribution is -2.14. The minimum Gasteiger partial charge on any atom is -0.322 e. The molecule has 8 heteroatoms. The van der Waals surface area contributed by atoms with Crippen LogP contribution in [0.1, 0.15) is 35.6 Å². The van der Waals surface area contributed by atoms with Crippen LogP contribution in [0.3, 0.4) is 0 Å². The Morgan fingerprint density at radius 1 is 0.968 bits per heavy atom. The van der Waals surface area contributed by atoms with Crippen LogP contribution < -0.4 is 10.6 Å². The van der Waals surface area contributed by atoms with Gasteiger partial charge in [0.2, 0.25) is 5.82 Å². The first-order valence-electron chi connectivity index (χ1n) is 9.74. The molecule has 3 aromatic rings. The maximum Gasteiger partial charge on any atom is 0.361 e. The van der Waals surface area contributed by atoms with Crippen LogP contribution in [0.2, 0.25) is 0 Å². The van der Waals surface area contributed by atoms with Gasteiger partial charge in [-0.2, -0.15) is 0 Å². The fourth-order valence-electron chi connectivity index (χ4n) is 2.69. The van der Waals surface area contributed by atoms with Gasteiger partial charge in [0.1, 0.15) is 0 Å². The molecule has 0 aliphatic heterocycles. The van der Waals surface area contributed by atoms with E-state index in [0.29, 0.717) is 27.9 Å². The average molecular weight is 435 g/mol. The van der Waals surface area contributed by atoms with Gasteiger partial charge < -0.3 is 14.4 Å². The number of rotatable bonds is 7. The molecule has 0 saturated carbocycles. The molecule has 1 aromatic heterocycles. The van der Waals surface area contributed by atoms with Gasteiger partial charge in [0.15, 0.2) is 0 Å². The van der Waals surface area contributed by atoms with Crippen LogP contribution in [-0.4, -0.2) is 29.1 Å². The fraction of sp³-hybridized carbons (Fsp3) is 0.174. The summed E-state index contributed by atoms with van der Waals surface area (Å²) in [4.78, 5) is 20.7. The van der Waals surface area contributed by atoms with Gasteiger partial charge in [0.05, 0.1) is 18.5 Å². The highest BCUT2D eigenvalue weighted by molar-refractivity contribution is 7.62. The van der Waals surface area contributed by atoms with Crippen molar-refractivity contribution in [3.8, 4) is 11.8 Å². The van der Waals surface area contributed by atoms with Gasteiger partial charge >= 0.3 is 7.60 Å². The molecule has 0 atom stereocenters. The monoisotopic (exact) mass is 435 g/mol. The molecule has 158 valence electrons. The van der Waals surface area contributed by atoms with Crippen LogP contribution >= 0.6 is 7.60 Å². The van der Waals surface area contributed by atoms with Crippen LogP contribution in [0.15, 0.2) is 67.0 Å². The van der Waals surface area contributed by atoms with E-state index < -0.39 is 7.60 Å². The highest BCUT2D eigenvalue weighted by Crippen LogP contribution is 2.46. The summed E-state index contributed by atoms with van der Waals surface area (Å²) in [5.41, 5.74) is 1.69. The van der Waals surface area contributed by atoms with Gasteiger partial charge in [-0.05, 0) is 68.3 Å². The number of nitrogens with one attached hydrogen (secondary N) is 1. The molecule has 0 aliphatic carbocycles. The lowest BCUT2D eigenvalue weighted by molar-refractivity contribution is 0.102. The lowest BCUT2D eigenvalue weighted by Gasteiger charge is -2.17. The zero-order valence-electron chi connectivity index (χ0n) is 17.2. The van der Waals surface area contributed by atoms with Crippen LogP contribution in [0.25, 0.3) is 0 Å². The van der Waals surface area contributed by atoms with E-state index >= 15 is 0 Å². The zero-order chi connectivity index (χ0) is 22.1. The van der Waals surface area contributed by atoms with Crippen molar-refractivity contribution in [2.45, 2.75) is 13.8 Å². The highest BCUT2D eigenvalue weighted by atomic mass is 31.2. The molecule has 0 bridgehead atoms. The predicted octanol–water partition coefficient (Wildman–Crippen LogP) is 4.02. The molecule has 0 fully saturated rings. The normalized spacial score (nSPS) is 10.8. The summed E-state index contributed by atoms with van der Waals surface area (Å²) in [6.07, 6.45) is 3.24. The maximum atomic E-state index is 12.8. The van der Waals surface area contributed by atoms with Crippen molar-refractivity contribution in [3.05, 3.63) is 83.9 Å². The van der Waals surface area contributed by atoms with Crippen molar-refractivity contribution < 1.29 is 18.4 Å². The Kier molecular flexibility index (Phi) is 7.69. The average Bonchev–Trinajstić information content (AvgIpc) is 2.79. The summed E-state index contributed by atoms with van der Waals surface area (Å²) < 4.78 is 23.5. The standard InChI is InChI=1S/C23H22N3O4P/c1-3-29-31(28,30-4-2)21-12-10-20(11-13-21)26-23(27)19-8-5-7-18(17-19)9-14-22-24-15-6-16-25-22/h5-8,10-13,15-17H,3-4H2,1-2H3,(H,26,27). The Bertz CT molecular complexity index is 1130. The summed E-state index contributed by atoms with van der Waals surface area (Å²) in [6, 6.07) is 15.3. The van der Waals surface area contributed by atoms with Crippen molar-refractivity contribution in [1.29, 1.82) is 0 Å². The van der Waals surface area contributed by atoms with E-state index in [0.717, 1.165) is 0 Å². The van der Waals surface area contributed by atoms with Gasteiger partial charge in [0, 0.05) is 29.2 Å². The van der Waals surface area contributed by atoms with Gasteiger partial charge in [-0.3, -0.25) is 9.36 Å². The highest BCUT2D eigenvalue weighted by Gasteiger charge is 2.26. The van der Waals surface area contributed by atoms with Crippen LogP contribution in [0.4, 0.5) is 5.69 Å². The largest absolute Gasteiger partial charge is 0.361 e. The summed E-state index contributed by atoms with van der Waals surface area (Å²) >= 11 is 0. The van der Waals surface area contributed by atoms with Crippen molar-refractivity contribution in [2.24, 2.45) is 0 Å². The van der Waals surface area contributed by atoms with Gasteiger partial charge in [-0.25, -0.2) is 9.97 Å². The van der Waals surface area contributed by atoms with E-state index in [1.165, 1.54) is 0 Å². The molecule has 0 radical (unpaired) electrons. The second-order valence-electron chi connectivity index (χ2n) is 6.24. The van der Waals surface area contributed by atoms with Crippen LogP contribution in [-0.2, 0) is 13.6 Å². The summed E-state index contributed by atoms with van der Waals surface area (Å²) in [5.74, 6) is 5.94. The number of nitrogens with zero attached hydrogens (tertiary/aromatic N) is 2. The van der Waals surface area contributed by atoms with Crippen molar-refractivity contribution in [2.75, 3.05) is 18.5 Å². The number of carbonyl (C=O) groups is 1. The van der Waals surface area contributed by atoms with E-state index in [4.69, 9.17) is 9.05 Å². The van der Waals surface area contributed by atoms with E-state index in [-0.39, 0.29) is 19.1 Å². The first-order chi connectivity index (χ1) is 15.0. The second kappa shape index (κ2) is 10.6. The molecule has 0 saturated heterocycles. The molecule has 1 N–H and O–H groups in total. The van der Waals surface area contributed by atoms with E-state index in [1.807, 2.05) is 0 Å². The Balaban J connectivity index is 1.72. The molecule has 2 aromatic carbocycles. The third-order valence-corrected chi connectivity index (χ3v) is 6.18. The number of anilines is 1. The summed E-state index contributed by atoms with van der Waals surface area (Å²) in [7, 11) is -3.36. The summed E-state index contributed by atoms with van der Waals surface area (Å²) in [6.45, 7) is 4.05. The zero-order valence-corrected chi connectivity index (χ0v) is 18.1. The second-order valence-corrected chi connectivity index (χ2v) is 8.26. The fourth-order valence-corrected chi connectivity index (χ4v) is 4.25. The Morgan fingerprint density at radius 3 is 2.29 bits per heavy atom. The van der Waals surface area contributed by atoms with E-state index in [2.05, 4.69) is 27.1 Å². The van der Waals surface area contributed by atoms with Gasteiger partial charge in [-0.1, -0.05) is 12.0 Å². The Morgan fingerprint density at radius 2 is 1.65 bits per heavy atom. The SMILES string of the molecule is CCOP(=O)(OCC)c1ccc(NC(=O)c2cccc(C#Cc3ncccn3)c2)cc1. The molecule has 0 spiro atoms. The van der Waals surface area contributed by atoms with Gasteiger partial charge in [-0.15, -0.1) is 0 Å². The number of hydrogen-bond acceptors (Lipinski definition) is 6. The van der Waals surface area contributed by atoms with Crippen LogP contribution in [0.5, 0.6) is 0 Å². The van der Waals surface area contributed by atoms with E-state index in [9.17, 15) is 9.36 Å². The number of benzene rings is 2. The van der Waals surface area contributed by atoms with E-state index in [1.54, 1.807) is 80.8 Å². The summed E-state index contributed by atoms with van der Waals surface area (Å²) in [5, 5.41) is 3.26. The van der Waals surface area contributed by atoms with Gasteiger partial charge in [0.25, 0.3) is 5.91 Å². The number of aromatic nitrogens is 2. The Labute approximate surface area is 181 Å². The third kappa shape index (κ3) is 6.09. The molecule has 1 heterocycles. The van der Waals surface area contributed by atoms with Crippen molar-refractivity contribution in [3.63, 3.8) is 0 Å². The molecule has 0 aliphatic rings. The quantitative estimate of drug-likeness (QED) is 0.445. The third-order valence-electron chi connectivity index (χ3n) is 4.05. The maximum absolute atomic E-state index is 12.8. The molecule has 1 amide bonds. The first-order valence-corrected chi connectivity index (χ1v) is 11.3. The minimum absolute atomic E-state index is 0.269. The number of amides is 1. The molecule has 7 nitrogen and oxygen atoms in total. The predicted molar refractivity (Wildman–Crippen MR) is 119 cm³/mol. The molecular weight excluding hydrogens is 413 g/mol. The van der Waals surface area contributed by atoms with Crippen LogP contribution in [0, 0.1) is 11.8 Å². The number of hydrogen-bond donors (Lipinski definition) is 1.